The van der Waals surface area contributed by atoms with E-state index in [-0.39, 0.29) is 18.3 Å². The van der Waals surface area contributed by atoms with E-state index in [9.17, 15) is 3.89 Å². The average Bonchev–Trinajstić information content (AvgIpc) is 2.80. The molecule has 3 nitrogen and oxygen atoms in total. The molecule has 2 aromatic carbocycles. The van der Waals surface area contributed by atoms with Gasteiger partial charge in [-0.3, -0.25) is 0 Å². The van der Waals surface area contributed by atoms with Crippen molar-refractivity contribution in [3.8, 4) is 11.8 Å². The van der Waals surface area contributed by atoms with Crippen LogP contribution in [0.4, 0.5) is 3.89 Å². The maximum absolute atomic E-state index is 13.4. The summed E-state index contributed by atoms with van der Waals surface area (Å²) in [7, 11) is 0. The third-order valence-corrected chi connectivity index (χ3v) is 4.45. The zero-order chi connectivity index (χ0) is 15.9. The molecular formula is C17H17FN2OS. The third kappa shape index (κ3) is 2.57. The van der Waals surface area contributed by atoms with Crippen molar-refractivity contribution in [1.82, 2.24) is 8.96 Å². The second-order valence-corrected chi connectivity index (χ2v) is 6.03. The molecule has 0 aliphatic carbocycles. The molecule has 0 spiro atoms. The Morgan fingerprint density at radius 2 is 1.64 bits per heavy atom. The number of benzene rings is 2. The number of hydrogen-bond donors (Lipinski definition) is 0. The Bertz CT molecular complexity index is 857. The van der Waals surface area contributed by atoms with Gasteiger partial charge in [-0.15, -0.1) is 3.89 Å². The fourth-order valence-corrected chi connectivity index (χ4v) is 2.66. The van der Waals surface area contributed by atoms with Gasteiger partial charge in [0.25, 0.3) is 0 Å². The summed E-state index contributed by atoms with van der Waals surface area (Å²) in [4.78, 5) is 4.41. The van der Waals surface area contributed by atoms with Crippen molar-refractivity contribution in [2.75, 3.05) is 0 Å². The molecular weight excluding hydrogens is 299 g/mol. The Balaban J connectivity index is 2.08. The van der Waals surface area contributed by atoms with Gasteiger partial charge in [0, 0.05) is 0 Å². The Morgan fingerprint density at radius 1 is 0.955 bits per heavy atom. The van der Waals surface area contributed by atoms with Crippen LogP contribution in [0.3, 0.4) is 0 Å². The molecule has 22 heavy (non-hydrogen) atoms. The zero-order valence-electron chi connectivity index (χ0n) is 13.0. The minimum Gasteiger partial charge on any atom is -0.425 e. The molecule has 0 saturated heterocycles. The Labute approximate surface area is 133 Å². The molecule has 0 saturated carbocycles. The normalized spacial score (nSPS) is 11.1. The molecule has 0 atom stereocenters. The van der Waals surface area contributed by atoms with Gasteiger partial charge in [-0.2, -0.15) is 4.98 Å². The van der Waals surface area contributed by atoms with Crippen molar-refractivity contribution in [1.29, 1.82) is 0 Å². The number of nitrogens with zero attached hydrogens (tertiary/aromatic N) is 2. The lowest BCUT2D eigenvalue weighted by Gasteiger charge is -2.07. The summed E-state index contributed by atoms with van der Waals surface area (Å²) in [5.74, 6) is 0.655. The molecule has 0 N–H and O–H groups in total. The van der Waals surface area contributed by atoms with Crippen LogP contribution in [0.5, 0.6) is 11.8 Å². The molecule has 1 aromatic heterocycles. The van der Waals surface area contributed by atoms with E-state index in [2.05, 4.69) is 4.98 Å². The molecule has 0 fully saturated rings. The predicted octanol–water partition coefficient (Wildman–Crippen LogP) is 5.44. The van der Waals surface area contributed by atoms with Gasteiger partial charge in [0.1, 0.15) is 5.75 Å². The Morgan fingerprint density at radius 3 is 2.32 bits per heavy atom. The number of fused-ring (bicyclic) bond motifs is 1. The summed E-state index contributed by atoms with van der Waals surface area (Å²) in [6.45, 7) is 8.07. The molecule has 0 aliphatic rings. The molecule has 3 rings (SSSR count). The van der Waals surface area contributed by atoms with E-state index in [0.717, 1.165) is 27.7 Å². The molecule has 1 heterocycles. The van der Waals surface area contributed by atoms with Gasteiger partial charge in [-0.1, -0.05) is 6.07 Å². The van der Waals surface area contributed by atoms with E-state index in [0.29, 0.717) is 5.75 Å². The maximum Gasteiger partial charge on any atom is 0.315 e. The lowest BCUT2D eigenvalue weighted by Crippen LogP contribution is -1.93. The van der Waals surface area contributed by atoms with Gasteiger partial charge >= 0.3 is 6.01 Å². The van der Waals surface area contributed by atoms with Crippen molar-refractivity contribution >= 4 is 23.4 Å². The third-order valence-electron chi connectivity index (χ3n) is 3.96. The molecule has 0 amide bonds. The molecule has 5 heteroatoms. The summed E-state index contributed by atoms with van der Waals surface area (Å²) in [5.41, 5.74) is 5.98. The Hall–Kier alpha value is -2.01. The van der Waals surface area contributed by atoms with Crippen molar-refractivity contribution in [2.45, 2.75) is 27.7 Å². The highest BCUT2D eigenvalue weighted by Crippen LogP contribution is 2.32. The molecule has 114 valence electrons. The number of halogens is 1. The largest absolute Gasteiger partial charge is 0.425 e. The number of imidazole rings is 1. The van der Waals surface area contributed by atoms with Crippen LogP contribution in [-0.4, -0.2) is 8.96 Å². The smallest absolute Gasteiger partial charge is 0.315 e. The number of rotatable bonds is 3. The molecule has 3 aromatic rings. The first-order valence-electron chi connectivity index (χ1n) is 7.03. The van der Waals surface area contributed by atoms with Crippen molar-refractivity contribution in [3.05, 3.63) is 52.6 Å². The van der Waals surface area contributed by atoms with Crippen LogP contribution in [0.1, 0.15) is 22.3 Å². The summed E-state index contributed by atoms with van der Waals surface area (Å²) in [5, 5.41) is 0. The van der Waals surface area contributed by atoms with Gasteiger partial charge in [-0.25, -0.2) is 3.97 Å². The summed E-state index contributed by atoms with van der Waals surface area (Å²) < 4.78 is 20.6. The molecule has 0 radical (unpaired) electrons. The highest BCUT2D eigenvalue weighted by Gasteiger charge is 2.15. The average molecular weight is 316 g/mol. The Kier molecular flexibility index (Phi) is 3.83. The van der Waals surface area contributed by atoms with Gasteiger partial charge < -0.3 is 4.74 Å². The minimum atomic E-state index is 0.102. The summed E-state index contributed by atoms with van der Waals surface area (Å²) in [6, 6.07) is 9.90. The van der Waals surface area contributed by atoms with Crippen LogP contribution in [0.2, 0.25) is 0 Å². The number of aryl methyl sites for hydroxylation is 4. The van der Waals surface area contributed by atoms with E-state index in [1.54, 1.807) is 0 Å². The van der Waals surface area contributed by atoms with Crippen LogP contribution < -0.4 is 4.74 Å². The van der Waals surface area contributed by atoms with E-state index >= 15 is 0 Å². The van der Waals surface area contributed by atoms with Crippen molar-refractivity contribution < 1.29 is 8.62 Å². The number of ether oxygens (including phenoxy) is 1. The van der Waals surface area contributed by atoms with Gasteiger partial charge in [0.2, 0.25) is 0 Å². The molecule has 0 aliphatic heterocycles. The summed E-state index contributed by atoms with van der Waals surface area (Å²) in [6.07, 6.45) is 0. The maximum atomic E-state index is 13.4. The second-order valence-electron chi connectivity index (χ2n) is 5.53. The van der Waals surface area contributed by atoms with E-state index in [1.165, 1.54) is 9.54 Å². The van der Waals surface area contributed by atoms with Crippen LogP contribution >= 0.6 is 12.3 Å². The first kappa shape index (κ1) is 14.9. The van der Waals surface area contributed by atoms with Crippen molar-refractivity contribution in [3.63, 3.8) is 0 Å². The highest BCUT2D eigenvalue weighted by atomic mass is 32.2. The van der Waals surface area contributed by atoms with Crippen LogP contribution in [0.25, 0.3) is 11.0 Å². The predicted molar refractivity (Wildman–Crippen MR) is 89.3 cm³/mol. The van der Waals surface area contributed by atoms with Crippen molar-refractivity contribution in [2.24, 2.45) is 0 Å². The van der Waals surface area contributed by atoms with Crippen LogP contribution in [0.15, 0.2) is 30.3 Å². The molecule has 0 bridgehead atoms. The standard InChI is InChI=1S/C17H17FN2OS/c1-10-5-6-14(7-11(10)2)21-17-19-15-8-12(3)13(4)9-16(15)20(17)22-18/h5-9H,1-4H3. The van der Waals surface area contributed by atoms with E-state index in [1.807, 2.05) is 58.0 Å². The topological polar surface area (TPSA) is 27.1 Å². The quantitative estimate of drug-likeness (QED) is 0.643. The lowest BCUT2D eigenvalue weighted by molar-refractivity contribution is 0.443. The zero-order valence-corrected chi connectivity index (χ0v) is 13.8. The van der Waals surface area contributed by atoms with E-state index < -0.39 is 0 Å². The van der Waals surface area contributed by atoms with Crippen LogP contribution in [0, 0.1) is 27.7 Å². The van der Waals surface area contributed by atoms with E-state index in [4.69, 9.17) is 4.74 Å². The number of aromatic nitrogens is 2. The highest BCUT2D eigenvalue weighted by molar-refractivity contribution is 7.93. The fourth-order valence-electron chi connectivity index (χ4n) is 2.30. The fraction of sp³-hybridized carbons (Fsp3) is 0.235. The van der Waals surface area contributed by atoms with Gasteiger partial charge in [-0.05, 0) is 74.2 Å². The molecule has 0 unspecified atom stereocenters. The monoisotopic (exact) mass is 316 g/mol. The number of hydrogen-bond acceptors (Lipinski definition) is 3. The lowest BCUT2D eigenvalue weighted by atomic mass is 10.1. The van der Waals surface area contributed by atoms with Gasteiger partial charge in [0.05, 0.1) is 11.0 Å². The summed E-state index contributed by atoms with van der Waals surface area (Å²) >= 11 is 0.102. The SMILES string of the molecule is Cc1ccc(Oc2nc3cc(C)c(C)cc3n2SF)cc1C. The van der Waals surface area contributed by atoms with Crippen LogP contribution in [-0.2, 0) is 0 Å². The first-order valence-corrected chi connectivity index (χ1v) is 7.71. The van der Waals surface area contributed by atoms with Gasteiger partial charge in [0.15, 0.2) is 12.3 Å². The first-order chi connectivity index (χ1) is 10.5. The second kappa shape index (κ2) is 5.65. The minimum absolute atomic E-state index is 0.102.